The number of ether oxygens (including phenoxy) is 2. The molecule has 19 heavy (non-hydrogen) atoms. The number of nitrogens with zero attached hydrogens (tertiary/aromatic N) is 1. The van der Waals surface area contributed by atoms with Gasteiger partial charge in [0.05, 0.1) is 14.2 Å². The zero-order valence-corrected chi connectivity index (χ0v) is 12.5. The maximum Gasteiger partial charge on any atom is 0.161 e. The largest absolute Gasteiger partial charge is 0.493 e. The highest BCUT2D eigenvalue weighted by Gasteiger charge is 2.11. The predicted octanol–water partition coefficient (Wildman–Crippen LogP) is 1.92. The summed E-state index contributed by atoms with van der Waals surface area (Å²) in [5.74, 6) is 1.60. The van der Waals surface area contributed by atoms with Crippen LogP contribution in [0.3, 0.4) is 0 Å². The number of methoxy groups -OCH3 is 2. The highest BCUT2D eigenvalue weighted by atomic mass is 35.5. The SMILES string of the molecule is COc1ccc(CN2CCCNCC2)cc1OC.Cl. The van der Waals surface area contributed by atoms with Gasteiger partial charge in [-0.2, -0.15) is 0 Å². The van der Waals surface area contributed by atoms with Crippen LogP contribution >= 0.6 is 12.4 Å². The van der Waals surface area contributed by atoms with Crippen molar-refractivity contribution in [3.63, 3.8) is 0 Å². The maximum absolute atomic E-state index is 5.33. The molecule has 1 aliphatic rings. The predicted molar refractivity (Wildman–Crippen MR) is 79.6 cm³/mol. The summed E-state index contributed by atoms with van der Waals surface area (Å²) < 4.78 is 10.6. The van der Waals surface area contributed by atoms with Crippen LogP contribution in [0, 0.1) is 0 Å². The van der Waals surface area contributed by atoms with E-state index in [1.807, 2.05) is 6.07 Å². The number of hydrogen-bond acceptors (Lipinski definition) is 4. The Morgan fingerprint density at radius 3 is 2.63 bits per heavy atom. The van der Waals surface area contributed by atoms with E-state index >= 15 is 0 Å². The van der Waals surface area contributed by atoms with E-state index in [4.69, 9.17) is 9.47 Å². The van der Waals surface area contributed by atoms with Crippen molar-refractivity contribution in [1.82, 2.24) is 10.2 Å². The molecule has 2 rings (SSSR count). The third kappa shape index (κ3) is 4.56. The molecule has 0 saturated carbocycles. The van der Waals surface area contributed by atoms with Crippen LogP contribution in [0.2, 0.25) is 0 Å². The topological polar surface area (TPSA) is 33.7 Å². The molecule has 0 spiro atoms. The van der Waals surface area contributed by atoms with E-state index in [0.29, 0.717) is 0 Å². The van der Waals surface area contributed by atoms with Gasteiger partial charge in [0.2, 0.25) is 0 Å². The number of halogens is 1. The zero-order chi connectivity index (χ0) is 12.8. The lowest BCUT2D eigenvalue weighted by atomic mass is 10.2. The van der Waals surface area contributed by atoms with Crippen LogP contribution < -0.4 is 14.8 Å². The van der Waals surface area contributed by atoms with E-state index in [2.05, 4.69) is 22.3 Å². The Balaban J connectivity index is 0.00000180. The lowest BCUT2D eigenvalue weighted by Gasteiger charge is -2.20. The van der Waals surface area contributed by atoms with Crippen molar-refractivity contribution < 1.29 is 9.47 Å². The van der Waals surface area contributed by atoms with Gasteiger partial charge in [-0.25, -0.2) is 0 Å². The second kappa shape index (κ2) is 8.25. The molecule has 4 nitrogen and oxygen atoms in total. The van der Waals surface area contributed by atoms with Crippen molar-refractivity contribution in [2.24, 2.45) is 0 Å². The van der Waals surface area contributed by atoms with Crippen molar-refractivity contribution in [1.29, 1.82) is 0 Å². The van der Waals surface area contributed by atoms with Gasteiger partial charge in [0.25, 0.3) is 0 Å². The van der Waals surface area contributed by atoms with E-state index in [1.165, 1.54) is 12.0 Å². The van der Waals surface area contributed by atoms with Crippen LogP contribution in [0.25, 0.3) is 0 Å². The molecule has 0 aliphatic carbocycles. The molecular weight excluding hydrogens is 264 g/mol. The molecule has 0 aromatic heterocycles. The summed E-state index contributed by atoms with van der Waals surface area (Å²) in [6.45, 7) is 5.44. The average Bonchev–Trinajstić information content (AvgIpc) is 2.67. The van der Waals surface area contributed by atoms with E-state index in [9.17, 15) is 0 Å². The number of nitrogens with one attached hydrogen (secondary N) is 1. The molecule has 1 N–H and O–H groups in total. The standard InChI is InChI=1S/C14H22N2O2.ClH/c1-17-13-5-4-12(10-14(13)18-2)11-16-8-3-6-15-7-9-16;/h4-5,10,15H,3,6-9,11H2,1-2H3;1H. The molecule has 1 heterocycles. The van der Waals surface area contributed by atoms with Gasteiger partial charge in [0.1, 0.15) is 0 Å². The summed E-state index contributed by atoms with van der Waals surface area (Å²) in [5.41, 5.74) is 1.27. The number of benzene rings is 1. The average molecular weight is 287 g/mol. The fourth-order valence-electron chi connectivity index (χ4n) is 2.30. The summed E-state index contributed by atoms with van der Waals surface area (Å²) in [4.78, 5) is 2.47. The maximum atomic E-state index is 5.33. The molecule has 5 heteroatoms. The van der Waals surface area contributed by atoms with Crippen LogP contribution in [0.15, 0.2) is 18.2 Å². The molecule has 1 aromatic rings. The molecule has 1 fully saturated rings. The van der Waals surface area contributed by atoms with Gasteiger partial charge in [0, 0.05) is 19.6 Å². The van der Waals surface area contributed by atoms with Gasteiger partial charge >= 0.3 is 0 Å². The minimum atomic E-state index is 0. The second-order valence-corrected chi connectivity index (χ2v) is 4.57. The van der Waals surface area contributed by atoms with Crippen molar-refractivity contribution in [2.75, 3.05) is 40.4 Å². The monoisotopic (exact) mass is 286 g/mol. The first-order chi connectivity index (χ1) is 8.83. The van der Waals surface area contributed by atoms with Crippen molar-refractivity contribution in [3.05, 3.63) is 23.8 Å². The van der Waals surface area contributed by atoms with Crippen molar-refractivity contribution >= 4 is 12.4 Å². The minimum Gasteiger partial charge on any atom is -0.493 e. The summed E-state index contributed by atoms with van der Waals surface area (Å²) in [6.07, 6.45) is 1.22. The fourth-order valence-corrected chi connectivity index (χ4v) is 2.30. The lowest BCUT2D eigenvalue weighted by Crippen LogP contribution is -2.27. The highest BCUT2D eigenvalue weighted by Crippen LogP contribution is 2.28. The number of rotatable bonds is 4. The van der Waals surface area contributed by atoms with Gasteiger partial charge in [-0.15, -0.1) is 12.4 Å². The van der Waals surface area contributed by atoms with Gasteiger partial charge in [-0.1, -0.05) is 6.07 Å². The quantitative estimate of drug-likeness (QED) is 0.917. The van der Waals surface area contributed by atoms with Gasteiger partial charge in [-0.05, 0) is 37.2 Å². The van der Waals surface area contributed by atoms with Gasteiger partial charge in [0.15, 0.2) is 11.5 Å². The van der Waals surface area contributed by atoms with Crippen molar-refractivity contribution in [3.8, 4) is 11.5 Å². The molecule has 0 radical (unpaired) electrons. The van der Waals surface area contributed by atoms with Gasteiger partial charge in [-0.3, -0.25) is 4.90 Å². The molecule has 0 unspecified atom stereocenters. The third-order valence-corrected chi connectivity index (χ3v) is 3.29. The molecule has 0 bridgehead atoms. The summed E-state index contributed by atoms with van der Waals surface area (Å²) in [5, 5.41) is 3.42. The Kier molecular flexibility index (Phi) is 6.99. The Hall–Kier alpha value is -0.970. The summed E-state index contributed by atoms with van der Waals surface area (Å²) >= 11 is 0. The van der Waals surface area contributed by atoms with Crippen LogP contribution in [0.4, 0.5) is 0 Å². The summed E-state index contributed by atoms with van der Waals surface area (Å²) in [6, 6.07) is 6.15. The zero-order valence-electron chi connectivity index (χ0n) is 11.6. The minimum absolute atomic E-state index is 0. The smallest absolute Gasteiger partial charge is 0.161 e. The highest BCUT2D eigenvalue weighted by molar-refractivity contribution is 5.85. The Morgan fingerprint density at radius 1 is 1.11 bits per heavy atom. The van der Waals surface area contributed by atoms with E-state index < -0.39 is 0 Å². The van der Waals surface area contributed by atoms with Crippen LogP contribution in [-0.2, 0) is 6.54 Å². The molecule has 1 saturated heterocycles. The van der Waals surface area contributed by atoms with Gasteiger partial charge < -0.3 is 14.8 Å². The number of hydrogen-bond donors (Lipinski definition) is 1. The molecule has 0 atom stereocenters. The van der Waals surface area contributed by atoms with Crippen LogP contribution in [-0.4, -0.2) is 45.3 Å². The molecular formula is C14H23ClN2O2. The normalized spacial score (nSPS) is 16.3. The van der Waals surface area contributed by atoms with E-state index in [-0.39, 0.29) is 12.4 Å². The lowest BCUT2D eigenvalue weighted by molar-refractivity contribution is 0.283. The third-order valence-electron chi connectivity index (χ3n) is 3.29. The Morgan fingerprint density at radius 2 is 1.89 bits per heavy atom. The van der Waals surface area contributed by atoms with Crippen LogP contribution in [0.5, 0.6) is 11.5 Å². The first-order valence-corrected chi connectivity index (χ1v) is 6.47. The van der Waals surface area contributed by atoms with Crippen molar-refractivity contribution in [2.45, 2.75) is 13.0 Å². The van der Waals surface area contributed by atoms with Crippen LogP contribution in [0.1, 0.15) is 12.0 Å². The fraction of sp³-hybridized carbons (Fsp3) is 0.571. The first kappa shape index (κ1) is 16.1. The Bertz CT molecular complexity index is 380. The second-order valence-electron chi connectivity index (χ2n) is 4.57. The summed E-state index contributed by atoms with van der Waals surface area (Å²) in [7, 11) is 3.34. The first-order valence-electron chi connectivity index (χ1n) is 6.47. The molecule has 1 aliphatic heterocycles. The molecule has 0 amide bonds. The molecule has 1 aromatic carbocycles. The molecule has 108 valence electrons. The Labute approximate surface area is 121 Å². The van der Waals surface area contributed by atoms with E-state index in [1.54, 1.807) is 14.2 Å². The van der Waals surface area contributed by atoms with E-state index in [0.717, 1.165) is 44.2 Å².